The Kier molecular flexibility index (Phi) is 12.3. The summed E-state index contributed by atoms with van der Waals surface area (Å²) in [6.07, 6.45) is 3.12. The molecule has 0 N–H and O–H groups in total. The van der Waals surface area contributed by atoms with Crippen molar-refractivity contribution in [2.24, 2.45) is 5.92 Å². The summed E-state index contributed by atoms with van der Waals surface area (Å²) in [5, 5.41) is 0. The van der Waals surface area contributed by atoms with Crippen LogP contribution in [0.1, 0.15) is 43.7 Å². The minimum absolute atomic E-state index is 0.121. The molecule has 0 radical (unpaired) electrons. The molecule has 6 nitrogen and oxygen atoms in total. The topological polar surface area (TPSA) is 63.2 Å². The van der Waals surface area contributed by atoms with Gasteiger partial charge in [0.15, 0.2) is 0 Å². The molecule has 0 spiro atoms. The second-order valence-corrected chi connectivity index (χ2v) is 7.53. The van der Waals surface area contributed by atoms with Crippen LogP contribution in [0.4, 0.5) is 0 Å². The van der Waals surface area contributed by atoms with Crippen molar-refractivity contribution in [3.8, 4) is 11.5 Å². The quantitative estimate of drug-likeness (QED) is 0.263. The minimum Gasteiger partial charge on any atom is -0.497 e. The Morgan fingerprint density at radius 1 is 0.750 bits per heavy atom. The molecular formula is C26H36O6. The number of rotatable bonds is 16. The largest absolute Gasteiger partial charge is 0.497 e. The van der Waals surface area contributed by atoms with E-state index in [1.54, 1.807) is 14.2 Å². The fourth-order valence-electron chi connectivity index (χ4n) is 3.33. The van der Waals surface area contributed by atoms with E-state index < -0.39 is 0 Å². The second-order valence-electron chi connectivity index (χ2n) is 7.53. The molecule has 32 heavy (non-hydrogen) atoms. The van der Waals surface area contributed by atoms with E-state index in [1.165, 1.54) is 0 Å². The van der Waals surface area contributed by atoms with Gasteiger partial charge in [-0.25, -0.2) is 0 Å². The van der Waals surface area contributed by atoms with Gasteiger partial charge < -0.3 is 23.7 Å². The van der Waals surface area contributed by atoms with Crippen LogP contribution in [0.5, 0.6) is 11.5 Å². The van der Waals surface area contributed by atoms with Gasteiger partial charge in [-0.3, -0.25) is 4.79 Å². The van der Waals surface area contributed by atoms with Gasteiger partial charge in [0.25, 0.3) is 0 Å². The van der Waals surface area contributed by atoms with Crippen molar-refractivity contribution in [2.75, 3.05) is 34.0 Å². The summed E-state index contributed by atoms with van der Waals surface area (Å²) < 4.78 is 27.1. The zero-order valence-corrected chi connectivity index (χ0v) is 19.5. The molecule has 2 rings (SSSR count). The summed E-state index contributed by atoms with van der Waals surface area (Å²) in [5.41, 5.74) is 2.20. The highest BCUT2D eigenvalue weighted by Gasteiger charge is 2.19. The van der Waals surface area contributed by atoms with Crippen LogP contribution in [-0.4, -0.2) is 40.0 Å². The summed E-state index contributed by atoms with van der Waals surface area (Å²) in [4.78, 5) is 12.3. The Morgan fingerprint density at radius 2 is 1.19 bits per heavy atom. The highest BCUT2D eigenvalue weighted by atomic mass is 16.5. The lowest BCUT2D eigenvalue weighted by atomic mass is 9.98. The lowest BCUT2D eigenvalue weighted by Crippen LogP contribution is -2.19. The number of benzene rings is 2. The molecule has 0 atom stereocenters. The van der Waals surface area contributed by atoms with Gasteiger partial charge in [-0.1, -0.05) is 24.3 Å². The molecule has 0 aliphatic heterocycles. The summed E-state index contributed by atoms with van der Waals surface area (Å²) in [6, 6.07) is 15.7. The first-order valence-corrected chi connectivity index (χ1v) is 11.2. The molecular weight excluding hydrogens is 408 g/mol. The molecule has 0 heterocycles. The van der Waals surface area contributed by atoms with Crippen LogP contribution >= 0.6 is 0 Å². The molecule has 176 valence electrons. The predicted molar refractivity (Wildman–Crippen MR) is 124 cm³/mol. The Balaban J connectivity index is 1.64. The molecule has 0 fully saturated rings. The number of methoxy groups -OCH3 is 2. The van der Waals surface area contributed by atoms with E-state index in [1.807, 2.05) is 55.5 Å². The summed E-state index contributed by atoms with van der Waals surface area (Å²) >= 11 is 0. The van der Waals surface area contributed by atoms with Crippen molar-refractivity contribution in [3.63, 3.8) is 0 Å². The molecule has 0 saturated heterocycles. The SMILES string of the molecule is CCOC(=O)C(CCCOCc1ccc(OC)cc1)CCCOCc1ccc(OC)cc1. The van der Waals surface area contributed by atoms with Crippen molar-refractivity contribution in [1.29, 1.82) is 0 Å². The Morgan fingerprint density at radius 3 is 1.56 bits per heavy atom. The molecule has 0 amide bonds. The van der Waals surface area contributed by atoms with E-state index in [9.17, 15) is 4.79 Å². The molecule has 2 aromatic rings. The van der Waals surface area contributed by atoms with Crippen LogP contribution in [0.2, 0.25) is 0 Å². The van der Waals surface area contributed by atoms with Gasteiger partial charge in [0.2, 0.25) is 0 Å². The molecule has 0 saturated carbocycles. The monoisotopic (exact) mass is 444 g/mol. The molecule has 6 heteroatoms. The maximum Gasteiger partial charge on any atom is 0.308 e. The van der Waals surface area contributed by atoms with Gasteiger partial charge in [0.05, 0.1) is 40.0 Å². The van der Waals surface area contributed by atoms with E-state index in [0.717, 1.165) is 48.3 Å². The molecule has 0 aliphatic carbocycles. The van der Waals surface area contributed by atoms with Crippen molar-refractivity contribution < 1.29 is 28.5 Å². The van der Waals surface area contributed by atoms with Gasteiger partial charge in [0.1, 0.15) is 11.5 Å². The van der Waals surface area contributed by atoms with Crippen LogP contribution in [0.15, 0.2) is 48.5 Å². The molecule has 0 bridgehead atoms. The Bertz CT molecular complexity index is 699. The molecule has 0 aromatic heterocycles. The highest BCUT2D eigenvalue weighted by Crippen LogP contribution is 2.18. The number of esters is 1. The number of ether oxygens (including phenoxy) is 5. The fourth-order valence-corrected chi connectivity index (χ4v) is 3.33. The highest BCUT2D eigenvalue weighted by molar-refractivity contribution is 5.72. The van der Waals surface area contributed by atoms with Crippen molar-refractivity contribution in [1.82, 2.24) is 0 Å². The number of carbonyl (C=O) groups is 1. The van der Waals surface area contributed by atoms with Gasteiger partial charge in [-0.05, 0) is 68.0 Å². The zero-order chi connectivity index (χ0) is 23.0. The first kappa shape index (κ1) is 25.7. The third-order valence-corrected chi connectivity index (χ3v) is 5.16. The van der Waals surface area contributed by atoms with Crippen molar-refractivity contribution >= 4 is 5.97 Å². The maximum absolute atomic E-state index is 12.3. The minimum atomic E-state index is -0.127. The molecule has 0 unspecified atom stereocenters. The molecule has 2 aromatic carbocycles. The third-order valence-electron chi connectivity index (χ3n) is 5.16. The Hall–Kier alpha value is -2.57. The smallest absolute Gasteiger partial charge is 0.308 e. The lowest BCUT2D eigenvalue weighted by molar-refractivity contribution is -0.148. The van der Waals surface area contributed by atoms with E-state index in [-0.39, 0.29) is 11.9 Å². The van der Waals surface area contributed by atoms with Crippen LogP contribution in [-0.2, 0) is 32.2 Å². The third kappa shape index (κ3) is 9.71. The zero-order valence-electron chi connectivity index (χ0n) is 19.5. The first-order valence-electron chi connectivity index (χ1n) is 11.2. The van der Waals surface area contributed by atoms with Gasteiger partial charge in [0, 0.05) is 13.2 Å². The molecule has 0 aliphatic rings. The average molecular weight is 445 g/mol. The van der Waals surface area contributed by atoms with Crippen LogP contribution in [0, 0.1) is 5.92 Å². The van der Waals surface area contributed by atoms with Crippen molar-refractivity contribution in [2.45, 2.75) is 45.8 Å². The average Bonchev–Trinajstić information content (AvgIpc) is 2.83. The summed E-state index contributed by atoms with van der Waals surface area (Å²) in [6.45, 7) is 4.55. The standard InChI is InChI=1S/C26H36O6/c1-4-32-26(27)23(7-5-17-30-19-21-9-13-24(28-2)14-10-21)8-6-18-31-20-22-11-15-25(29-3)16-12-22/h9-16,23H,4-8,17-20H2,1-3H3. The van der Waals surface area contributed by atoms with Crippen LogP contribution in [0.3, 0.4) is 0 Å². The predicted octanol–water partition coefficient (Wildman–Crippen LogP) is 5.18. The van der Waals surface area contributed by atoms with Crippen molar-refractivity contribution in [3.05, 3.63) is 59.7 Å². The lowest BCUT2D eigenvalue weighted by Gasteiger charge is -2.16. The normalized spacial score (nSPS) is 10.9. The van der Waals surface area contributed by atoms with Crippen LogP contribution in [0.25, 0.3) is 0 Å². The van der Waals surface area contributed by atoms with E-state index in [2.05, 4.69) is 0 Å². The number of hydrogen-bond donors (Lipinski definition) is 0. The van der Waals surface area contributed by atoms with Gasteiger partial charge >= 0.3 is 5.97 Å². The van der Waals surface area contributed by atoms with Gasteiger partial charge in [-0.2, -0.15) is 0 Å². The van der Waals surface area contributed by atoms with Gasteiger partial charge in [-0.15, -0.1) is 0 Å². The number of hydrogen-bond acceptors (Lipinski definition) is 6. The second kappa shape index (κ2) is 15.3. The van der Waals surface area contributed by atoms with E-state index >= 15 is 0 Å². The summed E-state index contributed by atoms with van der Waals surface area (Å²) in [5.74, 6) is 1.42. The fraction of sp³-hybridized carbons (Fsp3) is 0.500. The summed E-state index contributed by atoms with van der Waals surface area (Å²) in [7, 11) is 3.30. The van der Waals surface area contributed by atoms with Crippen LogP contribution < -0.4 is 9.47 Å². The van der Waals surface area contributed by atoms with E-state index in [4.69, 9.17) is 23.7 Å². The first-order chi connectivity index (χ1) is 15.7. The Labute approximate surface area is 191 Å². The maximum atomic E-state index is 12.3. The number of carbonyl (C=O) groups excluding carboxylic acids is 1. The van der Waals surface area contributed by atoms with E-state index in [0.29, 0.717) is 33.0 Å².